The largest absolute Gasteiger partial charge is 0.317 e. The minimum absolute atomic E-state index is 0.723. The van der Waals surface area contributed by atoms with Crippen LogP contribution in [0.4, 0.5) is 0 Å². The molecule has 0 unspecified atom stereocenters. The standard InChI is InChI=1S/C12H20N6/c1-4-10-6-11(17(3)16-10)7-13-8-12-15-14-9-18(12)5-2/h6,9,13H,4-5,7-8H2,1-3H3. The van der Waals surface area contributed by atoms with Crippen LogP contribution in [0.2, 0.25) is 0 Å². The molecule has 0 spiro atoms. The highest BCUT2D eigenvalue weighted by molar-refractivity contribution is 5.09. The van der Waals surface area contributed by atoms with E-state index in [2.05, 4.69) is 40.5 Å². The third kappa shape index (κ3) is 2.76. The summed E-state index contributed by atoms with van der Waals surface area (Å²) in [5.41, 5.74) is 2.32. The molecular weight excluding hydrogens is 228 g/mol. The first-order valence-corrected chi connectivity index (χ1v) is 6.33. The van der Waals surface area contributed by atoms with E-state index in [1.807, 2.05) is 16.3 Å². The average Bonchev–Trinajstić information content (AvgIpc) is 2.96. The van der Waals surface area contributed by atoms with Gasteiger partial charge in [0.1, 0.15) is 12.2 Å². The molecule has 0 bridgehead atoms. The molecule has 0 aliphatic heterocycles. The van der Waals surface area contributed by atoms with E-state index < -0.39 is 0 Å². The first-order chi connectivity index (χ1) is 8.74. The summed E-state index contributed by atoms with van der Waals surface area (Å²) in [6.07, 6.45) is 2.73. The zero-order chi connectivity index (χ0) is 13.0. The van der Waals surface area contributed by atoms with Crippen LogP contribution in [0.5, 0.6) is 0 Å². The van der Waals surface area contributed by atoms with Gasteiger partial charge in [-0.3, -0.25) is 4.68 Å². The molecule has 2 heterocycles. The van der Waals surface area contributed by atoms with Gasteiger partial charge in [-0.15, -0.1) is 10.2 Å². The highest BCUT2D eigenvalue weighted by atomic mass is 15.3. The van der Waals surface area contributed by atoms with E-state index in [-0.39, 0.29) is 0 Å². The Hall–Kier alpha value is -1.69. The average molecular weight is 248 g/mol. The van der Waals surface area contributed by atoms with Gasteiger partial charge in [-0.1, -0.05) is 6.92 Å². The van der Waals surface area contributed by atoms with Crippen LogP contribution in [0.15, 0.2) is 12.4 Å². The molecule has 0 fully saturated rings. The molecule has 6 heteroatoms. The molecule has 0 saturated heterocycles. The fourth-order valence-corrected chi connectivity index (χ4v) is 1.89. The van der Waals surface area contributed by atoms with Gasteiger partial charge in [-0.25, -0.2) is 0 Å². The number of aryl methyl sites for hydroxylation is 3. The molecule has 98 valence electrons. The van der Waals surface area contributed by atoms with Crippen LogP contribution in [0.25, 0.3) is 0 Å². The van der Waals surface area contributed by atoms with Gasteiger partial charge in [0.15, 0.2) is 0 Å². The minimum atomic E-state index is 0.723. The van der Waals surface area contributed by atoms with Crippen molar-refractivity contribution in [2.45, 2.75) is 39.9 Å². The zero-order valence-corrected chi connectivity index (χ0v) is 11.2. The van der Waals surface area contributed by atoms with Crippen molar-refractivity contribution in [3.8, 4) is 0 Å². The van der Waals surface area contributed by atoms with Crippen molar-refractivity contribution >= 4 is 0 Å². The van der Waals surface area contributed by atoms with Gasteiger partial charge in [0.25, 0.3) is 0 Å². The van der Waals surface area contributed by atoms with Gasteiger partial charge in [0, 0.05) is 20.1 Å². The number of nitrogens with one attached hydrogen (secondary N) is 1. The van der Waals surface area contributed by atoms with Crippen molar-refractivity contribution in [3.63, 3.8) is 0 Å². The number of hydrogen-bond donors (Lipinski definition) is 1. The summed E-state index contributed by atoms with van der Waals surface area (Å²) >= 11 is 0. The molecule has 0 radical (unpaired) electrons. The molecule has 2 aromatic rings. The Balaban J connectivity index is 1.90. The third-order valence-electron chi connectivity index (χ3n) is 3.02. The molecule has 0 aromatic carbocycles. The second kappa shape index (κ2) is 5.77. The lowest BCUT2D eigenvalue weighted by atomic mass is 10.3. The van der Waals surface area contributed by atoms with Gasteiger partial charge in [0.05, 0.1) is 17.9 Å². The maximum absolute atomic E-state index is 4.42. The molecule has 6 nitrogen and oxygen atoms in total. The highest BCUT2D eigenvalue weighted by Gasteiger charge is 2.05. The molecule has 1 N–H and O–H groups in total. The SMILES string of the molecule is CCc1cc(CNCc2nncn2CC)n(C)n1. The minimum Gasteiger partial charge on any atom is -0.317 e. The number of nitrogens with zero attached hydrogens (tertiary/aromatic N) is 5. The van der Waals surface area contributed by atoms with Crippen molar-refractivity contribution in [1.82, 2.24) is 29.9 Å². The highest BCUT2D eigenvalue weighted by Crippen LogP contribution is 2.04. The van der Waals surface area contributed by atoms with E-state index in [1.165, 1.54) is 5.69 Å². The summed E-state index contributed by atoms with van der Waals surface area (Å²) in [6.45, 7) is 6.61. The quantitative estimate of drug-likeness (QED) is 0.824. The van der Waals surface area contributed by atoms with Crippen LogP contribution in [0, 0.1) is 0 Å². The van der Waals surface area contributed by atoms with Gasteiger partial charge >= 0.3 is 0 Å². The Morgan fingerprint density at radius 1 is 1.28 bits per heavy atom. The van der Waals surface area contributed by atoms with E-state index >= 15 is 0 Å². The van der Waals surface area contributed by atoms with Gasteiger partial charge in [0.2, 0.25) is 0 Å². The van der Waals surface area contributed by atoms with Crippen molar-refractivity contribution in [2.75, 3.05) is 0 Å². The van der Waals surface area contributed by atoms with Gasteiger partial charge < -0.3 is 9.88 Å². The fourth-order valence-electron chi connectivity index (χ4n) is 1.89. The monoisotopic (exact) mass is 248 g/mol. The van der Waals surface area contributed by atoms with Crippen molar-refractivity contribution in [2.24, 2.45) is 7.05 Å². The molecule has 0 saturated carbocycles. The summed E-state index contributed by atoms with van der Waals surface area (Å²) in [5, 5.41) is 15.8. The summed E-state index contributed by atoms with van der Waals surface area (Å²) < 4.78 is 3.96. The lowest BCUT2D eigenvalue weighted by molar-refractivity contribution is 0.584. The maximum Gasteiger partial charge on any atom is 0.146 e. The first kappa shape index (κ1) is 12.8. The normalized spacial score (nSPS) is 11.1. The lowest BCUT2D eigenvalue weighted by Gasteiger charge is -2.05. The van der Waals surface area contributed by atoms with Crippen LogP contribution in [-0.4, -0.2) is 24.5 Å². The first-order valence-electron chi connectivity index (χ1n) is 6.33. The Morgan fingerprint density at radius 3 is 2.78 bits per heavy atom. The Labute approximate surface area is 107 Å². The third-order valence-corrected chi connectivity index (χ3v) is 3.02. The summed E-state index contributed by atoms with van der Waals surface area (Å²) in [5.74, 6) is 0.968. The number of aromatic nitrogens is 5. The molecule has 2 aromatic heterocycles. The molecule has 0 atom stereocenters. The predicted molar refractivity (Wildman–Crippen MR) is 68.8 cm³/mol. The molecular formula is C12H20N6. The molecule has 0 aliphatic carbocycles. The van der Waals surface area contributed by atoms with E-state index in [0.29, 0.717) is 0 Å². The molecule has 0 amide bonds. The second-order valence-electron chi connectivity index (χ2n) is 4.24. The Bertz CT molecular complexity index is 498. The van der Waals surface area contributed by atoms with E-state index in [1.54, 1.807) is 6.33 Å². The van der Waals surface area contributed by atoms with E-state index in [0.717, 1.165) is 37.6 Å². The Morgan fingerprint density at radius 2 is 2.11 bits per heavy atom. The van der Waals surface area contributed by atoms with Crippen molar-refractivity contribution in [1.29, 1.82) is 0 Å². The van der Waals surface area contributed by atoms with Crippen LogP contribution in [0.3, 0.4) is 0 Å². The maximum atomic E-state index is 4.42. The Kier molecular flexibility index (Phi) is 4.09. The van der Waals surface area contributed by atoms with Gasteiger partial charge in [-0.2, -0.15) is 5.10 Å². The number of rotatable bonds is 6. The molecule has 18 heavy (non-hydrogen) atoms. The predicted octanol–water partition coefficient (Wildman–Crippen LogP) is 0.884. The van der Waals surface area contributed by atoms with Crippen LogP contribution < -0.4 is 5.32 Å². The van der Waals surface area contributed by atoms with Crippen LogP contribution in [-0.2, 0) is 33.1 Å². The molecule has 0 aliphatic rings. The second-order valence-corrected chi connectivity index (χ2v) is 4.24. The van der Waals surface area contributed by atoms with Crippen LogP contribution >= 0.6 is 0 Å². The van der Waals surface area contributed by atoms with Crippen molar-refractivity contribution in [3.05, 3.63) is 29.6 Å². The van der Waals surface area contributed by atoms with Gasteiger partial charge in [-0.05, 0) is 19.4 Å². The lowest BCUT2D eigenvalue weighted by Crippen LogP contribution is -2.18. The van der Waals surface area contributed by atoms with Crippen molar-refractivity contribution < 1.29 is 0 Å². The smallest absolute Gasteiger partial charge is 0.146 e. The summed E-state index contributed by atoms with van der Waals surface area (Å²) in [4.78, 5) is 0. The van der Waals surface area contributed by atoms with Crippen LogP contribution in [0.1, 0.15) is 31.1 Å². The summed E-state index contributed by atoms with van der Waals surface area (Å²) in [7, 11) is 1.98. The summed E-state index contributed by atoms with van der Waals surface area (Å²) in [6, 6.07) is 2.14. The van der Waals surface area contributed by atoms with E-state index in [4.69, 9.17) is 0 Å². The fraction of sp³-hybridized carbons (Fsp3) is 0.583. The molecule has 2 rings (SSSR count). The van der Waals surface area contributed by atoms with E-state index in [9.17, 15) is 0 Å². The topological polar surface area (TPSA) is 60.6 Å². The zero-order valence-electron chi connectivity index (χ0n) is 11.2. The number of hydrogen-bond acceptors (Lipinski definition) is 4.